The second-order valence-electron chi connectivity index (χ2n) is 7.71. The van der Waals surface area contributed by atoms with Gasteiger partial charge < -0.3 is 15.4 Å². The average molecular weight is 405 g/mol. The summed E-state index contributed by atoms with van der Waals surface area (Å²) in [5, 5.41) is 5.65. The summed E-state index contributed by atoms with van der Waals surface area (Å²) in [6.07, 6.45) is 4.02. The Labute approximate surface area is 174 Å². The molecular weight excluding hydrogens is 368 g/mol. The van der Waals surface area contributed by atoms with E-state index in [4.69, 9.17) is 4.74 Å². The maximum Gasteiger partial charge on any atom is 0.328 e. The van der Waals surface area contributed by atoms with Crippen molar-refractivity contribution in [3.63, 3.8) is 0 Å². The molecule has 2 N–H and O–H groups in total. The van der Waals surface area contributed by atoms with Gasteiger partial charge in [0.05, 0.1) is 6.61 Å². The summed E-state index contributed by atoms with van der Waals surface area (Å²) in [5.41, 5.74) is 0.943. The fourth-order valence-corrected chi connectivity index (χ4v) is 3.06. The molecule has 1 aromatic carbocycles. The SMILES string of the molecule is CCCCCC(=O)N[C@@H](Cc1ccccc1)C(=O)N[C@@H](CC(C)C)C(=O)OCC. The molecule has 0 heterocycles. The van der Waals surface area contributed by atoms with Crippen molar-refractivity contribution >= 4 is 17.8 Å². The Bertz CT molecular complexity index is 631. The number of esters is 1. The van der Waals surface area contributed by atoms with E-state index < -0.39 is 18.1 Å². The number of amides is 2. The number of benzene rings is 1. The van der Waals surface area contributed by atoms with Crippen LogP contribution in [0, 0.1) is 5.92 Å². The summed E-state index contributed by atoms with van der Waals surface area (Å²) in [7, 11) is 0. The highest BCUT2D eigenvalue weighted by Gasteiger charge is 2.28. The highest BCUT2D eigenvalue weighted by molar-refractivity contribution is 5.91. The van der Waals surface area contributed by atoms with Gasteiger partial charge in [-0.15, -0.1) is 0 Å². The van der Waals surface area contributed by atoms with Crippen LogP contribution in [0.4, 0.5) is 0 Å². The van der Waals surface area contributed by atoms with Gasteiger partial charge in [-0.25, -0.2) is 4.79 Å². The predicted octanol–water partition coefficient (Wildman–Crippen LogP) is 3.39. The molecule has 0 saturated carbocycles. The van der Waals surface area contributed by atoms with E-state index in [1.54, 1.807) is 6.92 Å². The molecule has 0 unspecified atom stereocenters. The number of hydrogen-bond donors (Lipinski definition) is 2. The molecule has 162 valence electrons. The van der Waals surface area contributed by atoms with Crippen LogP contribution in [-0.4, -0.2) is 36.5 Å². The van der Waals surface area contributed by atoms with E-state index in [-0.39, 0.29) is 24.3 Å². The highest BCUT2D eigenvalue weighted by atomic mass is 16.5. The predicted molar refractivity (Wildman–Crippen MR) is 114 cm³/mol. The number of ether oxygens (including phenoxy) is 1. The van der Waals surface area contributed by atoms with Crippen molar-refractivity contribution in [3.8, 4) is 0 Å². The number of carbonyl (C=O) groups is 3. The minimum absolute atomic E-state index is 0.147. The lowest BCUT2D eigenvalue weighted by atomic mass is 10.0. The number of carbonyl (C=O) groups excluding carboxylic acids is 3. The Morgan fingerprint density at radius 1 is 0.966 bits per heavy atom. The molecular formula is C23H36N2O4. The Morgan fingerprint density at radius 3 is 2.24 bits per heavy atom. The first-order chi connectivity index (χ1) is 13.9. The van der Waals surface area contributed by atoms with Crippen molar-refractivity contribution in [3.05, 3.63) is 35.9 Å². The molecule has 29 heavy (non-hydrogen) atoms. The third-order valence-corrected chi connectivity index (χ3v) is 4.54. The maximum atomic E-state index is 13.0. The second-order valence-corrected chi connectivity index (χ2v) is 7.71. The summed E-state index contributed by atoms with van der Waals surface area (Å²) >= 11 is 0. The fourth-order valence-electron chi connectivity index (χ4n) is 3.06. The molecule has 6 heteroatoms. The first-order valence-electron chi connectivity index (χ1n) is 10.7. The van der Waals surface area contributed by atoms with Crippen LogP contribution in [0.15, 0.2) is 30.3 Å². The van der Waals surface area contributed by atoms with E-state index in [9.17, 15) is 14.4 Å². The Kier molecular flexibility index (Phi) is 11.7. The zero-order chi connectivity index (χ0) is 21.6. The van der Waals surface area contributed by atoms with Crippen LogP contribution in [0.2, 0.25) is 0 Å². The van der Waals surface area contributed by atoms with Gasteiger partial charge in [-0.1, -0.05) is 63.9 Å². The van der Waals surface area contributed by atoms with E-state index in [1.165, 1.54) is 0 Å². The van der Waals surface area contributed by atoms with Crippen LogP contribution in [0.25, 0.3) is 0 Å². The Balaban J connectivity index is 2.88. The number of rotatable bonds is 13. The molecule has 0 radical (unpaired) electrons. The largest absolute Gasteiger partial charge is 0.464 e. The molecule has 0 spiro atoms. The van der Waals surface area contributed by atoms with Gasteiger partial charge in [-0.05, 0) is 31.2 Å². The first-order valence-corrected chi connectivity index (χ1v) is 10.7. The smallest absolute Gasteiger partial charge is 0.328 e. The molecule has 0 aromatic heterocycles. The van der Waals surface area contributed by atoms with Crippen molar-refractivity contribution < 1.29 is 19.1 Å². The molecule has 0 fully saturated rings. The monoisotopic (exact) mass is 404 g/mol. The van der Waals surface area contributed by atoms with Crippen molar-refractivity contribution in [1.82, 2.24) is 10.6 Å². The molecule has 0 aliphatic rings. The average Bonchev–Trinajstić information content (AvgIpc) is 2.67. The van der Waals surface area contributed by atoms with Gasteiger partial charge in [0.1, 0.15) is 12.1 Å². The molecule has 1 aromatic rings. The lowest BCUT2D eigenvalue weighted by molar-refractivity contribution is -0.148. The van der Waals surface area contributed by atoms with Gasteiger partial charge in [-0.2, -0.15) is 0 Å². The van der Waals surface area contributed by atoms with Crippen LogP contribution < -0.4 is 10.6 Å². The highest BCUT2D eigenvalue weighted by Crippen LogP contribution is 2.09. The normalized spacial score (nSPS) is 12.9. The van der Waals surface area contributed by atoms with Crippen LogP contribution in [0.1, 0.15) is 65.4 Å². The lowest BCUT2D eigenvalue weighted by Crippen LogP contribution is -2.53. The zero-order valence-corrected chi connectivity index (χ0v) is 18.2. The first kappa shape index (κ1) is 24.7. The molecule has 0 bridgehead atoms. The van der Waals surface area contributed by atoms with E-state index in [2.05, 4.69) is 17.6 Å². The number of nitrogens with one attached hydrogen (secondary N) is 2. The van der Waals surface area contributed by atoms with E-state index in [0.29, 0.717) is 19.3 Å². The Morgan fingerprint density at radius 2 is 1.66 bits per heavy atom. The van der Waals surface area contributed by atoms with Crippen molar-refractivity contribution in [1.29, 1.82) is 0 Å². The quantitative estimate of drug-likeness (QED) is 0.390. The third kappa shape index (κ3) is 10.1. The molecule has 1 rings (SSSR count). The van der Waals surface area contributed by atoms with Gasteiger partial charge in [0.15, 0.2) is 0 Å². The molecule has 0 aliphatic carbocycles. The zero-order valence-electron chi connectivity index (χ0n) is 18.2. The fraction of sp³-hybridized carbons (Fsp3) is 0.609. The minimum atomic E-state index is -0.740. The third-order valence-electron chi connectivity index (χ3n) is 4.54. The van der Waals surface area contributed by atoms with Gasteiger partial charge in [0.25, 0.3) is 0 Å². The molecule has 0 saturated heterocycles. The minimum Gasteiger partial charge on any atom is -0.464 e. The van der Waals surface area contributed by atoms with Gasteiger partial charge in [0, 0.05) is 12.8 Å². The van der Waals surface area contributed by atoms with Gasteiger partial charge in [-0.3, -0.25) is 9.59 Å². The standard InChI is InChI=1S/C23H36N2O4/c1-5-7-9-14-21(26)24-19(16-18-12-10-8-11-13-18)22(27)25-20(15-17(3)4)23(28)29-6-2/h8,10-13,17,19-20H,5-7,9,14-16H2,1-4H3,(H,24,26)(H,25,27)/t19-,20-/m0/s1. The van der Waals surface area contributed by atoms with Crippen LogP contribution in [0.5, 0.6) is 0 Å². The number of hydrogen-bond acceptors (Lipinski definition) is 4. The summed E-state index contributed by atoms with van der Waals surface area (Å²) in [6, 6.07) is 8.07. The van der Waals surface area contributed by atoms with Gasteiger partial charge in [0.2, 0.25) is 11.8 Å². The van der Waals surface area contributed by atoms with E-state index >= 15 is 0 Å². The Hall–Kier alpha value is -2.37. The number of unbranched alkanes of at least 4 members (excludes halogenated alkanes) is 2. The summed E-state index contributed by atoms with van der Waals surface area (Å²) in [4.78, 5) is 37.6. The van der Waals surface area contributed by atoms with Crippen LogP contribution in [-0.2, 0) is 25.5 Å². The van der Waals surface area contributed by atoms with Crippen molar-refractivity contribution in [2.24, 2.45) is 5.92 Å². The van der Waals surface area contributed by atoms with Crippen LogP contribution in [0.3, 0.4) is 0 Å². The van der Waals surface area contributed by atoms with Crippen molar-refractivity contribution in [2.45, 2.75) is 78.3 Å². The summed E-state index contributed by atoms with van der Waals surface area (Å²) < 4.78 is 5.11. The topological polar surface area (TPSA) is 84.5 Å². The molecule has 6 nitrogen and oxygen atoms in total. The summed E-state index contributed by atoms with van der Waals surface area (Å²) in [6.45, 7) is 8.03. The second kappa shape index (κ2) is 13.7. The van der Waals surface area contributed by atoms with Crippen LogP contribution >= 0.6 is 0 Å². The van der Waals surface area contributed by atoms with Crippen molar-refractivity contribution in [2.75, 3.05) is 6.61 Å². The van der Waals surface area contributed by atoms with Gasteiger partial charge >= 0.3 is 5.97 Å². The molecule has 2 atom stereocenters. The molecule has 0 aliphatic heterocycles. The molecule has 2 amide bonds. The maximum absolute atomic E-state index is 13.0. The van der Waals surface area contributed by atoms with E-state index in [1.807, 2.05) is 44.2 Å². The lowest BCUT2D eigenvalue weighted by Gasteiger charge is -2.23. The van der Waals surface area contributed by atoms with E-state index in [0.717, 1.165) is 24.8 Å². The summed E-state index contributed by atoms with van der Waals surface area (Å²) in [5.74, 6) is -0.745.